The third-order valence-electron chi connectivity index (χ3n) is 0.764. The van der Waals surface area contributed by atoms with Gasteiger partial charge in [-0.2, -0.15) is 12.1 Å². The second kappa shape index (κ2) is 6.16. The van der Waals surface area contributed by atoms with Gasteiger partial charge in [0.2, 0.25) is 0 Å². The van der Waals surface area contributed by atoms with Gasteiger partial charge in [-0.3, -0.25) is 4.39 Å². The van der Waals surface area contributed by atoms with Gasteiger partial charge in [0.25, 0.3) is 0 Å². The van der Waals surface area contributed by atoms with E-state index in [-0.39, 0.29) is 0 Å². The molecule has 50 valence electrons. The van der Waals surface area contributed by atoms with Crippen molar-refractivity contribution in [2.75, 3.05) is 0 Å². The first kappa shape index (κ1) is 10.4. The summed E-state index contributed by atoms with van der Waals surface area (Å²) in [4.78, 5) is 0. The Morgan fingerprint density at radius 3 is 2.20 bits per heavy atom. The predicted molar refractivity (Wildman–Crippen MR) is 39.2 cm³/mol. The third-order valence-corrected chi connectivity index (χ3v) is 0.764. The van der Waals surface area contributed by atoms with Gasteiger partial charge in [-0.25, -0.2) is 4.39 Å². The van der Waals surface area contributed by atoms with Gasteiger partial charge in [0.1, 0.15) is 0 Å². The average molecular weight is 305 g/mol. The van der Waals surface area contributed by atoms with Crippen molar-refractivity contribution in [1.29, 1.82) is 0 Å². The van der Waals surface area contributed by atoms with Gasteiger partial charge in [0, 0.05) is 11.6 Å². The molecule has 0 atom stereocenters. The molecule has 0 spiro atoms. The standard InChI is InChI=1S/C6H3F2.HI.Zn/c7-5-3-1-2-4-6(5)8;;/h1,3-4H;1H;/q-1;;+2/p-1. The molecule has 0 aliphatic rings. The molecule has 0 nitrogen and oxygen atoms in total. The van der Waals surface area contributed by atoms with Crippen molar-refractivity contribution >= 4 is 19.8 Å². The molecular formula is C6H3F2IZn. The molecule has 0 aliphatic heterocycles. The Hall–Kier alpha value is 0.433. The maximum absolute atomic E-state index is 11.9. The minimum absolute atomic E-state index is 0.830. The van der Waals surface area contributed by atoms with E-state index in [1.54, 1.807) is 0 Å². The quantitative estimate of drug-likeness (QED) is 0.393. The van der Waals surface area contributed by atoms with Gasteiger partial charge in [-0.05, 0) is 0 Å². The average Bonchev–Trinajstić information content (AvgIpc) is 2.00. The van der Waals surface area contributed by atoms with Crippen molar-refractivity contribution in [2.24, 2.45) is 0 Å². The Bertz CT molecular complexity index is 172. The molecule has 0 unspecified atom stereocenters. The van der Waals surface area contributed by atoms with Crippen LogP contribution in [0.5, 0.6) is 0 Å². The fourth-order valence-electron chi connectivity index (χ4n) is 0.391. The molecule has 0 fully saturated rings. The Morgan fingerprint density at radius 2 is 1.90 bits per heavy atom. The summed E-state index contributed by atoms with van der Waals surface area (Å²) in [7, 11) is 0. The van der Waals surface area contributed by atoms with Crippen LogP contribution in [0.25, 0.3) is 0 Å². The normalized spacial score (nSPS) is 8.10. The van der Waals surface area contributed by atoms with Crippen molar-refractivity contribution in [1.82, 2.24) is 0 Å². The predicted octanol–water partition coefficient (Wildman–Crippen LogP) is 2.65. The summed E-state index contributed by atoms with van der Waals surface area (Å²) in [5, 5.41) is 0. The summed E-state index contributed by atoms with van der Waals surface area (Å²) in [5.74, 6) is -1.68. The van der Waals surface area contributed by atoms with Crippen LogP contribution in [0, 0.1) is 17.7 Å². The second-order valence-electron chi connectivity index (χ2n) is 1.34. The van der Waals surface area contributed by atoms with Crippen LogP contribution in [0.3, 0.4) is 0 Å². The molecule has 1 aromatic carbocycles. The molecule has 0 aromatic heterocycles. The van der Waals surface area contributed by atoms with Crippen LogP contribution < -0.4 is 0 Å². The molecule has 0 radical (unpaired) electrons. The van der Waals surface area contributed by atoms with Gasteiger partial charge in [-0.1, -0.05) is 0 Å². The second-order valence-corrected chi connectivity index (χ2v) is 1.34. The monoisotopic (exact) mass is 304 g/mol. The Kier molecular flexibility index (Phi) is 6.43. The Balaban J connectivity index is 0.000000371. The van der Waals surface area contributed by atoms with E-state index in [4.69, 9.17) is 0 Å². The molecule has 1 rings (SSSR count). The van der Waals surface area contributed by atoms with Crippen LogP contribution in [-0.4, -0.2) is 0 Å². The van der Waals surface area contributed by atoms with Crippen molar-refractivity contribution in [2.45, 2.75) is 0 Å². The fourth-order valence-corrected chi connectivity index (χ4v) is 0.391. The number of halogens is 3. The van der Waals surface area contributed by atoms with Crippen LogP contribution >= 0.6 is 19.8 Å². The molecule has 10 heavy (non-hydrogen) atoms. The van der Waals surface area contributed by atoms with Crippen LogP contribution in [0.15, 0.2) is 18.2 Å². The van der Waals surface area contributed by atoms with E-state index in [0.717, 1.165) is 12.1 Å². The van der Waals surface area contributed by atoms with Gasteiger partial charge < -0.3 is 0 Å². The molecule has 0 heterocycles. The zero-order valence-electron chi connectivity index (χ0n) is 5.07. The maximum atomic E-state index is 11.9. The van der Waals surface area contributed by atoms with Crippen molar-refractivity contribution in [3.8, 4) is 0 Å². The molecule has 1 aromatic rings. The third kappa shape index (κ3) is 3.56. The number of rotatable bonds is 0. The first-order valence-electron chi connectivity index (χ1n) is 2.38. The van der Waals surface area contributed by atoms with Gasteiger partial charge in [-0.15, -0.1) is 12.1 Å². The first-order valence-corrected chi connectivity index (χ1v) is 11.4. The van der Waals surface area contributed by atoms with E-state index >= 15 is 0 Å². The number of hydrogen-bond donors (Lipinski definition) is 0. The van der Waals surface area contributed by atoms with Gasteiger partial charge >= 0.3 is 34.5 Å². The molecule has 0 saturated carbocycles. The van der Waals surface area contributed by atoms with Crippen LogP contribution in [0.4, 0.5) is 8.78 Å². The molecule has 0 bridgehead atoms. The molecule has 0 N–H and O–H groups in total. The summed E-state index contributed by atoms with van der Waals surface area (Å²) in [6.45, 7) is 0. The summed E-state index contributed by atoms with van der Waals surface area (Å²) in [6, 6.07) is 5.68. The topological polar surface area (TPSA) is 0 Å². The van der Waals surface area contributed by atoms with Crippen molar-refractivity contribution in [3.63, 3.8) is 0 Å². The van der Waals surface area contributed by atoms with Gasteiger partial charge in [0.05, 0.1) is 0 Å². The molecule has 4 heteroatoms. The summed E-state index contributed by atoms with van der Waals surface area (Å²) in [5.41, 5.74) is 0. The number of hydrogen-bond acceptors (Lipinski definition) is 0. The fraction of sp³-hybridized carbons (Fsp3) is 0. The molecule has 0 amide bonds. The molecule has 0 aliphatic carbocycles. The van der Waals surface area contributed by atoms with Crippen LogP contribution in [0.2, 0.25) is 0 Å². The van der Waals surface area contributed by atoms with Crippen molar-refractivity contribution in [3.05, 3.63) is 35.9 Å². The van der Waals surface area contributed by atoms with Crippen LogP contribution in [-0.2, 0) is 14.8 Å². The molecule has 0 saturated heterocycles. The van der Waals surface area contributed by atoms with E-state index in [9.17, 15) is 8.78 Å². The Morgan fingerprint density at radius 1 is 1.30 bits per heavy atom. The van der Waals surface area contributed by atoms with E-state index in [0.29, 0.717) is 0 Å². The minimum atomic E-state index is -0.854. The first-order chi connectivity index (χ1) is 4.80. The number of benzene rings is 1. The summed E-state index contributed by atoms with van der Waals surface area (Å²) >= 11 is 3.62. The molecular weight excluding hydrogens is 302 g/mol. The SMILES string of the molecule is Fc1c[c-]ccc1F.[Zn+][I]. The van der Waals surface area contributed by atoms with E-state index in [1.807, 2.05) is 0 Å². The zero-order valence-corrected chi connectivity index (χ0v) is 10.2. The van der Waals surface area contributed by atoms with Crippen LogP contribution in [0.1, 0.15) is 0 Å². The van der Waals surface area contributed by atoms with E-state index in [1.165, 1.54) is 20.9 Å². The van der Waals surface area contributed by atoms with Crippen molar-refractivity contribution < 1.29 is 23.6 Å². The van der Waals surface area contributed by atoms with E-state index < -0.39 is 11.6 Å². The zero-order chi connectivity index (χ0) is 7.98. The summed E-state index contributed by atoms with van der Waals surface area (Å²) < 4.78 is 23.8. The van der Waals surface area contributed by atoms with E-state index in [2.05, 4.69) is 25.8 Å². The Labute approximate surface area is 78.9 Å². The summed E-state index contributed by atoms with van der Waals surface area (Å²) in [6.07, 6.45) is 0. The van der Waals surface area contributed by atoms with Gasteiger partial charge in [0.15, 0.2) is 0 Å².